The molecule has 0 spiro atoms. The Morgan fingerprint density at radius 2 is 0.691 bits per heavy atom. The van der Waals surface area contributed by atoms with Gasteiger partial charge in [-0.05, 0) is 143 Å². The van der Waals surface area contributed by atoms with Crippen molar-refractivity contribution in [3.63, 3.8) is 0 Å². The zero-order valence-electron chi connectivity index (χ0n) is 65.7. The van der Waals surface area contributed by atoms with Gasteiger partial charge < -0.3 is 14.7 Å². The van der Waals surface area contributed by atoms with Crippen LogP contribution in [0.4, 0.5) is 11.4 Å². The Hall–Kier alpha value is -13.2. The van der Waals surface area contributed by atoms with Crippen LogP contribution in [0.5, 0.6) is 0 Å². The summed E-state index contributed by atoms with van der Waals surface area (Å²) in [6.45, 7) is 0. The number of hydrogen-bond donors (Lipinski definition) is 2. The molecule has 592 valence electrons. The van der Waals surface area contributed by atoms with E-state index in [1.165, 1.54) is 129 Å². The quantitative estimate of drug-likeness (QED) is 0.127. The molecule has 7 aromatic heterocycles. The number of aromatic nitrogens is 5. The summed E-state index contributed by atoms with van der Waals surface area (Å²) >= 11 is 9.69. The largest absolute Gasteiger partial charge is 0.456 e. The number of fused-ring (bicyclic) bond motifs is 22. The first kappa shape index (κ1) is 79.6. The topological polar surface area (TPSA) is 144 Å². The van der Waals surface area contributed by atoms with E-state index in [9.17, 15) is 13.0 Å². The number of para-hydroxylation sites is 6. The lowest BCUT2D eigenvalue weighted by Gasteiger charge is -2.19. The number of nitrogens with one attached hydrogen (secondary N) is 2. The van der Waals surface area contributed by atoms with Crippen LogP contribution in [0.3, 0.4) is 0 Å². The fraction of sp³-hybridized carbons (Fsp3) is 0. The van der Waals surface area contributed by atoms with Crippen LogP contribution in [-0.4, -0.2) is 40.4 Å². The van der Waals surface area contributed by atoms with Gasteiger partial charge in [-0.1, -0.05) is 306 Å². The van der Waals surface area contributed by atoms with Crippen molar-refractivity contribution in [1.29, 1.82) is 0 Å². The summed E-state index contributed by atoms with van der Waals surface area (Å²) in [6.07, 6.45) is 0. The molecule has 0 radical (unpaired) electrons. The molecule has 0 saturated heterocycles. The van der Waals surface area contributed by atoms with E-state index in [0.717, 1.165) is 66.1 Å². The summed E-state index contributed by atoms with van der Waals surface area (Å²) in [6, 6.07) is 135. The highest BCUT2D eigenvalue weighted by Crippen LogP contribution is 2.46. The molecule has 4 aliphatic heterocycles. The highest BCUT2D eigenvalue weighted by molar-refractivity contribution is 7.99. The summed E-state index contributed by atoms with van der Waals surface area (Å²) < 4.78 is 61.7. The van der Waals surface area contributed by atoms with Gasteiger partial charge in [0.15, 0.2) is 0 Å². The fourth-order valence-electron chi connectivity index (χ4n) is 15.5. The smallest absolute Gasteiger partial charge is 0.416 e. The van der Waals surface area contributed by atoms with E-state index in [1.54, 1.807) is 57.3 Å². The van der Waals surface area contributed by atoms with E-state index in [0.29, 0.717) is 9.79 Å². The maximum atomic E-state index is 12.1. The standard InChI is InChI=1S/C14H8N2S3.C12H9NS.C12H9N.C12H8O2S.C12H8OP.C12H8O.C12H8S.C12H10Si.C6H4N2S/c1-3-11(17-7-1)9-5-6-10(12-4-2-8-18-12)14-13(9)15-19-16-14;1-3-7-11-9(5-1)13-10-6-2-4-8-12(10)14-11;1-3-7-11-9(5-1)10-6-2-4-8-12(10)13-11;13-15(14)11-7-3-1-5-9(11)10-6-2-4-8-12(10)15;13-14-11-7-3-1-5-9(11)10-6-2-4-8-12(10)14;3*1-3-7-11-9(5-1)10-6-2-4-8-12(10)13-11;1-2-4-6-5(3-1)7-9-8-6/h1-8H;1-8,13H;1-8,13H;1-8H;1-8H;2*1-8H;1-8H,13H2;1-4H/q;;;;+1;;;;. The Labute approximate surface area is 738 Å². The summed E-state index contributed by atoms with van der Waals surface area (Å²) in [5, 5.41) is 20.5. The van der Waals surface area contributed by atoms with Crippen molar-refractivity contribution in [1.82, 2.24) is 22.5 Å². The highest BCUT2D eigenvalue weighted by atomic mass is 32.2. The number of anilines is 2. The first-order valence-electron chi connectivity index (χ1n) is 39.8. The minimum Gasteiger partial charge on any atom is -0.456 e. The number of hydrogen-bond acceptors (Lipinski definition) is 15. The third kappa shape index (κ3) is 16.9. The van der Waals surface area contributed by atoms with Gasteiger partial charge >= 0.3 is 7.80 Å². The van der Waals surface area contributed by atoms with E-state index in [2.05, 4.69) is 281 Å². The van der Waals surface area contributed by atoms with Gasteiger partial charge in [-0.25, -0.2) is 8.42 Å². The predicted molar refractivity (Wildman–Crippen MR) is 526 cm³/mol. The molecule has 27 rings (SSSR count). The molecule has 16 aromatic carbocycles. The lowest BCUT2D eigenvalue weighted by molar-refractivity contribution is 0.597. The number of benzene rings is 16. The molecule has 4 aliphatic rings. The zero-order chi connectivity index (χ0) is 82.8. The van der Waals surface area contributed by atoms with Gasteiger partial charge in [0.25, 0.3) is 0 Å². The molecule has 2 N–H and O–H groups in total. The van der Waals surface area contributed by atoms with Gasteiger partial charge in [-0.3, -0.25) is 0 Å². The van der Waals surface area contributed by atoms with E-state index >= 15 is 0 Å². The van der Waals surface area contributed by atoms with Crippen molar-refractivity contribution in [3.8, 4) is 54.3 Å². The number of thiophene rings is 3. The number of sulfone groups is 1. The first-order valence-corrected chi connectivity index (χ1v) is 48.8. The van der Waals surface area contributed by atoms with Crippen LogP contribution < -0.4 is 26.3 Å². The second kappa shape index (κ2) is 36.6. The minimum atomic E-state index is -3.26. The second-order valence-electron chi connectivity index (χ2n) is 28.8. The van der Waals surface area contributed by atoms with Crippen molar-refractivity contribution in [2.75, 3.05) is 5.32 Å². The van der Waals surface area contributed by atoms with Gasteiger partial charge in [0.05, 0.1) is 54.1 Å². The Bertz CT molecular complexity index is 7130. The number of aromatic amines is 1. The number of furan rings is 1. The molecule has 10 nitrogen and oxygen atoms in total. The lowest BCUT2D eigenvalue weighted by atomic mass is 10.1. The summed E-state index contributed by atoms with van der Waals surface area (Å²) in [5.74, 6) is 0. The third-order valence-electron chi connectivity index (χ3n) is 21.3. The highest BCUT2D eigenvalue weighted by Gasteiger charge is 2.38. The lowest BCUT2D eigenvalue weighted by Crippen LogP contribution is -2.20. The number of nitrogens with zero attached hydrogens (tertiary/aromatic N) is 4. The maximum Gasteiger partial charge on any atom is 0.416 e. The van der Waals surface area contributed by atoms with Crippen LogP contribution in [0.15, 0.2) is 435 Å². The monoisotopic (exact) mass is 1750 g/mol. The Balaban J connectivity index is 0.0000000913. The van der Waals surface area contributed by atoms with Crippen LogP contribution >= 0.6 is 77.0 Å². The van der Waals surface area contributed by atoms with Crippen LogP contribution in [0, 0.1) is 0 Å². The Morgan fingerprint density at radius 1 is 0.317 bits per heavy atom. The van der Waals surface area contributed by atoms with E-state index in [1.807, 2.05) is 157 Å². The van der Waals surface area contributed by atoms with Crippen LogP contribution in [0.25, 0.3) is 140 Å². The Kier molecular flexibility index (Phi) is 23.7. The fourth-order valence-corrected chi connectivity index (χ4v) is 25.3. The average molecular weight is 1750 g/mol. The van der Waals surface area contributed by atoms with Crippen molar-refractivity contribution < 1.29 is 17.4 Å². The molecular formula is C104H72N6O4PS7Si+. The van der Waals surface area contributed by atoms with Gasteiger partial charge in [0.2, 0.25) is 20.4 Å². The molecule has 23 aromatic rings. The molecule has 0 fully saturated rings. The zero-order valence-corrected chi connectivity index (χ0v) is 73.7. The minimum absolute atomic E-state index is 0.160. The number of rotatable bonds is 2. The summed E-state index contributed by atoms with van der Waals surface area (Å²) in [5.41, 5.74) is 20.0. The van der Waals surface area contributed by atoms with Crippen molar-refractivity contribution in [2.24, 2.45) is 0 Å². The van der Waals surface area contributed by atoms with Crippen molar-refractivity contribution >= 4 is 215 Å². The molecule has 123 heavy (non-hydrogen) atoms. The van der Waals surface area contributed by atoms with E-state index in [-0.39, 0.29) is 9.52 Å². The predicted octanol–water partition coefficient (Wildman–Crippen LogP) is 27.4. The molecule has 0 amide bonds. The van der Waals surface area contributed by atoms with Gasteiger partial charge in [-0.2, -0.15) is 17.5 Å². The third-order valence-corrected chi connectivity index (χ3v) is 32.0. The van der Waals surface area contributed by atoms with Gasteiger partial charge in [0.1, 0.15) is 33.2 Å². The average Bonchev–Trinajstić information content (AvgIpc) is 1.65. The first-order chi connectivity index (χ1) is 60.7. The van der Waals surface area contributed by atoms with Gasteiger partial charge in [-0.15, -0.1) is 34.0 Å². The van der Waals surface area contributed by atoms with Crippen LogP contribution in [-0.2, 0) is 14.4 Å². The Morgan fingerprint density at radius 3 is 1.17 bits per heavy atom. The van der Waals surface area contributed by atoms with E-state index in [4.69, 9.17) is 4.42 Å². The van der Waals surface area contributed by atoms with Crippen molar-refractivity contribution in [2.45, 2.75) is 19.6 Å². The molecule has 0 aliphatic carbocycles. The molecular weight excluding hydrogens is 1680 g/mol. The number of H-pyrrole nitrogens is 1. The molecule has 11 heterocycles. The van der Waals surface area contributed by atoms with Crippen LogP contribution in [0.1, 0.15) is 0 Å². The molecule has 0 bridgehead atoms. The summed E-state index contributed by atoms with van der Waals surface area (Å²) in [7, 11) is -4.77. The van der Waals surface area contributed by atoms with E-state index < -0.39 is 17.6 Å². The molecule has 0 atom stereocenters. The molecule has 19 heteroatoms. The van der Waals surface area contributed by atoms with Crippen molar-refractivity contribution in [3.05, 3.63) is 411 Å². The SMILES string of the molecule is O=S1(=O)c2ccccc2-c2ccccc21.O=[P+]1c2ccccc2-c2ccccc21.c1ccc2c(c1)Nc1ccccc1S2.c1ccc2c(c1)[SiH2]c1ccccc1-2.c1ccc2c(c1)[nH]c1ccccc12.c1ccc2c(c1)oc1ccccc12.c1ccc2c(c1)sc1ccccc12.c1ccc2nsnc2c1.c1csc(-c2ccc(-c3cccs3)c3nsnc23)c1. The van der Waals surface area contributed by atoms with Gasteiger partial charge in [0, 0.05) is 106 Å². The molecule has 0 saturated carbocycles. The second-order valence-corrected chi connectivity index (χ2v) is 39.2. The normalized spacial score (nSPS) is 12.0. The maximum absolute atomic E-state index is 12.1. The summed E-state index contributed by atoms with van der Waals surface area (Å²) in [4.78, 5) is 9.31. The van der Waals surface area contributed by atoms with Crippen LogP contribution in [0.2, 0.25) is 0 Å². The molecule has 0 unspecified atom stereocenters.